The summed E-state index contributed by atoms with van der Waals surface area (Å²) in [6.07, 6.45) is 3.95. The summed E-state index contributed by atoms with van der Waals surface area (Å²) >= 11 is 3.54. The van der Waals surface area contributed by atoms with Gasteiger partial charge in [0.05, 0.1) is 0 Å². The summed E-state index contributed by atoms with van der Waals surface area (Å²) in [5.74, 6) is 0.572. The summed E-state index contributed by atoms with van der Waals surface area (Å²) < 4.78 is 2.39. The summed E-state index contributed by atoms with van der Waals surface area (Å²) in [7, 11) is 0. The first kappa shape index (κ1) is 15.5. The third-order valence-electron chi connectivity index (χ3n) is 3.67. The Morgan fingerprint density at radius 2 is 1.64 bits per heavy atom. The summed E-state index contributed by atoms with van der Waals surface area (Å²) in [6, 6.07) is 12.7. The summed E-state index contributed by atoms with van der Waals surface area (Å²) in [5.41, 5.74) is 6.94. The van der Waals surface area contributed by atoms with E-state index >= 15 is 0 Å². The SMILES string of the molecule is CSc1ccc(N2CCN(Sc3ccc(N)nc3)CC2)cc1. The Morgan fingerprint density at radius 1 is 0.955 bits per heavy atom. The highest BCUT2D eigenvalue weighted by Crippen LogP contribution is 2.26. The van der Waals surface area contributed by atoms with E-state index in [0.717, 1.165) is 31.1 Å². The van der Waals surface area contributed by atoms with Crippen LogP contribution in [0.25, 0.3) is 0 Å². The van der Waals surface area contributed by atoms with E-state index in [-0.39, 0.29) is 0 Å². The van der Waals surface area contributed by atoms with Crippen molar-refractivity contribution in [1.82, 2.24) is 9.29 Å². The van der Waals surface area contributed by atoms with Crippen molar-refractivity contribution in [1.29, 1.82) is 0 Å². The fourth-order valence-corrected chi connectivity index (χ4v) is 3.71. The maximum absolute atomic E-state index is 5.62. The summed E-state index contributed by atoms with van der Waals surface area (Å²) in [5, 5.41) is 0. The Kier molecular flexibility index (Phi) is 5.12. The van der Waals surface area contributed by atoms with Gasteiger partial charge in [0, 0.05) is 47.9 Å². The minimum Gasteiger partial charge on any atom is -0.384 e. The predicted octanol–water partition coefficient (Wildman–Crippen LogP) is 3.22. The molecule has 22 heavy (non-hydrogen) atoms. The van der Waals surface area contributed by atoms with Gasteiger partial charge in [-0.15, -0.1) is 11.8 Å². The second kappa shape index (κ2) is 7.26. The number of thioether (sulfide) groups is 1. The van der Waals surface area contributed by atoms with E-state index in [4.69, 9.17) is 5.73 Å². The molecule has 6 heteroatoms. The van der Waals surface area contributed by atoms with Crippen LogP contribution in [0.2, 0.25) is 0 Å². The van der Waals surface area contributed by atoms with Crippen LogP contribution in [0.4, 0.5) is 11.5 Å². The average Bonchev–Trinajstić information content (AvgIpc) is 2.58. The van der Waals surface area contributed by atoms with Crippen LogP contribution in [0, 0.1) is 0 Å². The molecule has 1 saturated heterocycles. The van der Waals surface area contributed by atoms with Gasteiger partial charge in [0.1, 0.15) is 5.82 Å². The first-order chi connectivity index (χ1) is 10.7. The quantitative estimate of drug-likeness (QED) is 0.685. The van der Waals surface area contributed by atoms with Crippen LogP contribution in [-0.2, 0) is 0 Å². The molecule has 0 atom stereocenters. The number of rotatable bonds is 4. The third-order valence-corrected chi connectivity index (χ3v) is 5.49. The van der Waals surface area contributed by atoms with E-state index in [1.165, 1.54) is 10.6 Å². The van der Waals surface area contributed by atoms with E-state index in [1.807, 2.05) is 18.3 Å². The highest BCUT2D eigenvalue weighted by Gasteiger charge is 2.18. The molecule has 116 valence electrons. The lowest BCUT2D eigenvalue weighted by Crippen LogP contribution is -2.43. The first-order valence-electron chi connectivity index (χ1n) is 7.28. The number of anilines is 2. The van der Waals surface area contributed by atoms with Crippen LogP contribution in [0.5, 0.6) is 0 Å². The Labute approximate surface area is 140 Å². The molecule has 3 rings (SSSR count). The zero-order chi connectivity index (χ0) is 15.4. The van der Waals surface area contributed by atoms with Crippen molar-refractivity contribution in [2.75, 3.05) is 43.1 Å². The number of nitrogen functional groups attached to an aromatic ring is 1. The third kappa shape index (κ3) is 3.88. The fraction of sp³-hybridized carbons (Fsp3) is 0.312. The molecular weight excluding hydrogens is 312 g/mol. The second-order valence-electron chi connectivity index (χ2n) is 5.12. The summed E-state index contributed by atoms with van der Waals surface area (Å²) in [6.45, 7) is 4.18. The maximum atomic E-state index is 5.62. The normalized spacial score (nSPS) is 16.0. The van der Waals surface area contributed by atoms with E-state index < -0.39 is 0 Å². The molecule has 0 amide bonds. The van der Waals surface area contributed by atoms with Crippen molar-refractivity contribution in [3.05, 3.63) is 42.6 Å². The monoisotopic (exact) mass is 332 g/mol. The van der Waals surface area contributed by atoms with Crippen LogP contribution in [0.1, 0.15) is 0 Å². The van der Waals surface area contributed by atoms with Gasteiger partial charge in [-0.25, -0.2) is 9.29 Å². The molecule has 0 bridgehead atoms. The van der Waals surface area contributed by atoms with Crippen molar-refractivity contribution < 1.29 is 0 Å². The van der Waals surface area contributed by atoms with Crippen molar-refractivity contribution in [3.8, 4) is 0 Å². The maximum Gasteiger partial charge on any atom is 0.123 e. The van der Waals surface area contributed by atoms with E-state index in [2.05, 4.69) is 44.7 Å². The van der Waals surface area contributed by atoms with Gasteiger partial charge in [-0.05, 0) is 54.6 Å². The van der Waals surface area contributed by atoms with Crippen molar-refractivity contribution in [2.45, 2.75) is 9.79 Å². The molecule has 0 aliphatic carbocycles. The summed E-state index contributed by atoms with van der Waals surface area (Å²) in [4.78, 5) is 9.05. The first-order valence-corrected chi connectivity index (χ1v) is 9.28. The minimum absolute atomic E-state index is 0.572. The molecule has 1 aliphatic heterocycles. The molecule has 1 aliphatic rings. The topological polar surface area (TPSA) is 45.4 Å². The molecule has 0 radical (unpaired) electrons. The molecule has 2 aromatic rings. The highest BCUT2D eigenvalue weighted by molar-refractivity contribution is 7.98. The van der Waals surface area contributed by atoms with Crippen LogP contribution >= 0.6 is 23.7 Å². The highest BCUT2D eigenvalue weighted by atomic mass is 32.2. The van der Waals surface area contributed by atoms with E-state index in [1.54, 1.807) is 23.7 Å². The van der Waals surface area contributed by atoms with E-state index in [9.17, 15) is 0 Å². The molecular formula is C16H20N4S2. The molecule has 0 unspecified atom stereocenters. The lowest BCUT2D eigenvalue weighted by Gasteiger charge is -2.35. The Hall–Kier alpha value is -1.37. The van der Waals surface area contributed by atoms with Gasteiger partial charge in [0.2, 0.25) is 0 Å². The molecule has 1 aromatic carbocycles. The van der Waals surface area contributed by atoms with Gasteiger partial charge in [-0.2, -0.15) is 0 Å². The number of aromatic nitrogens is 1. The van der Waals surface area contributed by atoms with Gasteiger partial charge in [-0.3, -0.25) is 0 Å². The molecule has 1 aromatic heterocycles. The van der Waals surface area contributed by atoms with Crippen LogP contribution in [0.15, 0.2) is 52.4 Å². The smallest absolute Gasteiger partial charge is 0.123 e. The van der Waals surface area contributed by atoms with Crippen LogP contribution in [-0.4, -0.2) is 41.7 Å². The Bertz CT molecular complexity index is 593. The van der Waals surface area contributed by atoms with Gasteiger partial charge in [-0.1, -0.05) is 0 Å². The number of nitrogens with zero attached hydrogens (tertiary/aromatic N) is 3. The molecule has 0 saturated carbocycles. The molecule has 1 fully saturated rings. The zero-order valence-electron chi connectivity index (χ0n) is 12.6. The van der Waals surface area contributed by atoms with Crippen LogP contribution < -0.4 is 10.6 Å². The lowest BCUT2D eigenvalue weighted by atomic mass is 10.2. The number of hydrogen-bond donors (Lipinski definition) is 1. The number of hydrogen-bond acceptors (Lipinski definition) is 6. The van der Waals surface area contributed by atoms with Crippen molar-refractivity contribution in [2.24, 2.45) is 0 Å². The van der Waals surface area contributed by atoms with Gasteiger partial charge in [0.15, 0.2) is 0 Å². The van der Waals surface area contributed by atoms with Gasteiger partial charge in [0.25, 0.3) is 0 Å². The number of nitrogens with two attached hydrogens (primary N) is 1. The van der Waals surface area contributed by atoms with Crippen LogP contribution in [0.3, 0.4) is 0 Å². The molecule has 2 heterocycles. The largest absolute Gasteiger partial charge is 0.384 e. The second-order valence-corrected chi connectivity index (χ2v) is 7.17. The number of piperazine rings is 1. The Morgan fingerprint density at radius 3 is 2.23 bits per heavy atom. The van der Waals surface area contributed by atoms with E-state index in [0.29, 0.717) is 5.82 Å². The predicted molar refractivity (Wildman–Crippen MR) is 96.5 cm³/mol. The Balaban J connectivity index is 1.54. The van der Waals surface area contributed by atoms with Crippen molar-refractivity contribution >= 4 is 35.2 Å². The fourth-order valence-electron chi connectivity index (χ4n) is 2.43. The van der Waals surface area contributed by atoms with Gasteiger partial charge >= 0.3 is 0 Å². The van der Waals surface area contributed by atoms with Crippen molar-refractivity contribution in [3.63, 3.8) is 0 Å². The lowest BCUT2D eigenvalue weighted by molar-refractivity contribution is 0.429. The molecule has 4 nitrogen and oxygen atoms in total. The minimum atomic E-state index is 0.572. The number of benzene rings is 1. The molecule has 0 spiro atoms. The zero-order valence-corrected chi connectivity index (χ0v) is 14.2. The average molecular weight is 332 g/mol. The molecule has 2 N–H and O–H groups in total. The standard InChI is InChI=1S/C16H20N4S2/c1-21-14-4-2-13(3-5-14)19-8-10-20(11-9-19)22-15-6-7-16(17)18-12-15/h2-7,12H,8-11H2,1H3,(H2,17,18). The van der Waals surface area contributed by atoms with Gasteiger partial charge < -0.3 is 10.6 Å². The number of pyridine rings is 1.